The summed E-state index contributed by atoms with van der Waals surface area (Å²) >= 11 is 5.72. The second-order valence-corrected chi connectivity index (χ2v) is 3.03. The Kier molecular flexibility index (Phi) is 4.53. The van der Waals surface area contributed by atoms with Gasteiger partial charge in [0, 0.05) is 10.7 Å². The van der Waals surface area contributed by atoms with E-state index < -0.39 is 0 Å². The van der Waals surface area contributed by atoms with E-state index in [4.69, 9.17) is 16.9 Å². The van der Waals surface area contributed by atoms with E-state index in [2.05, 4.69) is 10.3 Å². The number of nitrogens with one attached hydrogen (secondary N) is 1. The third-order valence-electron chi connectivity index (χ3n) is 1.52. The van der Waals surface area contributed by atoms with Crippen LogP contribution in [-0.4, -0.2) is 12.9 Å². The van der Waals surface area contributed by atoms with Gasteiger partial charge in [0.2, 0.25) is 0 Å². The van der Waals surface area contributed by atoms with Crippen LogP contribution in [0.5, 0.6) is 0 Å². The first kappa shape index (κ1) is 10.6. The molecule has 1 N–H and O–H groups in total. The molecular weight excluding hydrogens is 198 g/mol. The minimum absolute atomic E-state index is 0.443. The van der Waals surface area contributed by atoms with Crippen molar-refractivity contribution in [2.24, 2.45) is 4.99 Å². The standard InChI is InChI=1S/C10H10ClN3/c11-9-2-4-10(5-3-9)14-8-13-7-1-6-12/h2-5,8H,1,7H2,(H,13,14). The van der Waals surface area contributed by atoms with Crippen LogP contribution in [0.3, 0.4) is 0 Å². The Morgan fingerprint density at radius 3 is 2.79 bits per heavy atom. The minimum Gasteiger partial charge on any atom is -0.347 e. The first-order valence-corrected chi connectivity index (χ1v) is 4.58. The first-order valence-electron chi connectivity index (χ1n) is 4.20. The molecule has 3 nitrogen and oxygen atoms in total. The van der Waals surface area contributed by atoms with Gasteiger partial charge in [0.1, 0.15) is 0 Å². The summed E-state index contributed by atoms with van der Waals surface area (Å²) in [5.41, 5.74) is 0.926. The maximum absolute atomic E-state index is 8.25. The molecule has 0 fully saturated rings. The molecule has 0 unspecified atom stereocenters. The van der Waals surface area contributed by atoms with Crippen LogP contribution in [0.2, 0.25) is 5.02 Å². The molecule has 0 amide bonds. The van der Waals surface area contributed by atoms with Crippen LogP contribution in [0.15, 0.2) is 29.3 Å². The highest BCUT2D eigenvalue weighted by Crippen LogP contribution is 2.12. The molecule has 1 aromatic rings. The fourth-order valence-corrected chi connectivity index (χ4v) is 0.971. The zero-order valence-electron chi connectivity index (χ0n) is 7.57. The second-order valence-electron chi connectivity index (χ2n) is 2.59. The second kappa shape index (κ2) is 6.01. The Balaban J connectivity index is 2.35. The van der Waals surface area contributed by atoms with Crippen molar-refractivity contribution in [3.63, 3.8) is 0 Å². The number of nitriles is 1. The molecule has 0 aliphatic rings. The van der Waals surface area contributed by atoms with Gasteiger partial charge in [-0.3, -0.25) is 4.99 Å². The average molecular weight is 208 g/mol. The molecule has 1 aromatic carbocycles. The summed E-state index contributed by atoms with van der Waals surface area (Å²) in [4.78, 5) is 3.99. The van der Waals surface area contributed by atoms with Crippen molar-refractivity contribution in [3.8, 4) is 6.07 Å². The molecule has 0 spiro atoms. The van der Waals surface area contributed by atoms with E-state index in [1.807, 2.05) is 18.2 Å². The summed E-state index contributed by atoms with van der Waals surface area (Å²) in [6.07, 6.45) is 2.03. The van der Waals surface area contributed by atoms with E-state index in [0.29, 0.717) is 18.0 Å². The summed E-state index contributed by atoms with van der Waals surface area (Å²) in [6, 6.07) is 9.33. The van der Waals surface area contributed by atoms with Gasteiger partial charge in [-0.15, -0.1) is 0 Å². The van der Waals surface area contributed by atoms with Crippen molar-refractivity contribution < 1.29 is 0 Å². The lowest BCUT2D eigenvalue weighted by Gasteiger charge is -1.98. The number of rotatable bonds is 4. The van der Waals surface area contributed by atoms with E-state index in [0.717, 1.165) is 5.69 Å². The van der Waals surface area contributed by atoms with Crippen molar-refractivity contribution in [3.05, 3.63) is 29.3 Å². The van der Waals surface area contributed by atoms with Gasteiger partial charge < -0.3 is 5.32 Å². The monoisotopic (exact) mass is 207 g/mol. The predicted octanol–water partition coefficient (Wildman–Crippen LogP) is 2.69. The summed E-state index contributed by atoms with van der Waals surface area (Å²) in [5, 5.41) is 11.9. The lowest BCUT2D eigenvalue weighted by atomic mass is 10.3. The van der Waals surface area contributed by atoms with Gasteiger partial charge in [-0.05, 0) is 24.3 Å². The van der Waals surface area contributed by atoms with Gasteiger partial charge in [-0.1, -0.05) is 11.6 Å². The van der Waals surface area contributed by atoms with Crippen LogP contribution < -0.4 is 5.32 Å². The van der Waals surface area contributed by atoms with Crippen LogP contribution in [0.4, 0.5) is 5.69 Å². The predicted molar refractivity (Wildman–Crippen MR) is 58.7 cm³/mol. The maximum atomic E-state index is 8.25. The quantitative estimate of drug-likeness (QED) is 0.469. The maximum Gasteiger partial charge on any atom is 0.0868 e. The summed E-state index contributed by atoms with van der Waals surface area (Å²) in [6.45, 7) is 0.525. The molecule has 0 radical (unpaired) electrons. The van der Waals surface area contributed by atoms with Crippen molar-refractivity contribution in [1.82, 2.24) is 0 Å². The number of nitrogens with zero attached hydrogens (tertiary/aromatic N) is 2. The molecule has 0 saturated heterocycles. The molecule has 0 aliphatic carbocycles. The van der Waals surface area contributed by atoms with E-state index in [-0.39, 0.29) is 0 Å². The minimum atomic E-state index is 0.443. The summed E-state index contributed by atoms with van der Waals surface area (Å²) in [7, 11) is 0. The third-order valence-corrected chi connectivity index (χ3v) is 1.77. The number of hydrogen-bond donors (Lipinski definition) is 1. The number of hydrogen-bond acceptors (Lipinski definition) is 2. The van der Waals surface area contributed by atoms with Crippen LogP contribution in [0.1, 0.15) is 6.42 Å². The molecule has 4 heteroatoms. The third kappa shape index (κ3) is 3.92. The van der Waals surface area contributed by atoms with Crippen molar-refractivity contribution in [1.29, 1.82) is 5.26 Å². The van der Waals surface area contributed by atoms with Crippen LogP contribution >= 0.6 is 11.6 Å². The van der Waals surface area contributed by atoms with E-state index >= 15 is 0 Å². The van der Waals surface area contributed by atoms with Crippen LogP contribution in [0.25, 0.3) is 0 Å². The molecule has 72 valence electrons. The van der Waals surface area contributed by atoms with Crippen molar-refractivity contribution >= 4 is 23.6 Å². The lowest BCUT2D eigenvalue weighted by Crippen LogP contribution is -1.95. The molecule has 0 aromatic heterocycles. The van der Waals surface area contributed by atoms with Gasteiger partial charge in [-0.2, -0.15) is 5.26 Å². The van der Waals surface area contributed by atoms with E-state index in [9.17, 15) is 0 Å². The van der Waals surface area contributed by atoms with Crippen LogP contribution in [-0.2, 0) is 0 Å². The normalized spacial score (nSPS) is 10.0. The largest absolute Gasteiger partial charge is 0.347 e. The van der Waals surface area contributed by atoms with Gasteiger partial charge in [-0.25, -0.2) is 0 Å². The number of benzene rings is 1. The highest BCUT2D eigenvalue weighted by Gasteiger charge is 1.88. The Labute approximate surface area is 88.0 Å². The van der Waals surface area contributed by atoms with Gasteiger partial charge >= 0.3 is 0 Å². The Morgan fingerprint density at radius 2 is 2.14 bits per heavy atom. The Hall–Kier alpha value is -1.53. The molecule has 0 aliphatic heterocycles. The zero-order chi connectivity index (χ0) is 10.2. The summed E-state index contributed by atoms with van der Waals surface area (Å²) in [5.74, 6) is 0. The topological polar surface area (TPSA) is 48.2 Å². The highest BCUT2D eigenvalue weighted by molar-refractivity contribution is 6.30. The van der Waals surface area contributed by atoms with E-state index in [1.54, 1.807) is 18.5 Å². The molecule has 0 atom stereocenters. The summed E-state index contributed by atoms with van der Waals surface area (Å²) < 4.78 is 0. The van der Waals surface area contributed by atoms with E-state index in [1.165, 1.54) is 0 Å². The highest BCUT2D eigenvalue weighted by atomic mass is 35.5. The molecule has 0 heterocycles. The first-order chi connectivity index (χ1) is 6.83. The number of halogens is 1. The fourth-order valence-electron chi connectivity index (χ4n) is 0.845. The van der Waals surface area contributed by atoms with Crippen molar-refractivity contribution in [2.45, 2.75) is 6.42 Å². The number of aliphatic imine (C=N–C) groups is 1. The lowest BCUT2D eigenvalue weighted by molar-refractivity contribution is 1.02. The molecular formula is C10H10ClN3. The molecule has 1 rings (SSSR count). The smallest absolute Gasteiger partial charge is 0.0868 e. The SMILES string of the molecule is N#CCCN=CNc1ccc(Cl)cc1. The zero-order valence-corrected chi connectivity index (χ0v) is 8.33. The van der Waals surface area contributed by atoms with Gasteiger partial charge in [0.15, 0.2) is 0 Å². The van der Waals surface area contributed by atoms with Gasteiger partial charge in [0.25, 0.3) is 0 Å². The van der Waals surface area contributed by atoms with Crippen molar-refractivity contribution in [2.75, 3.05) is 11.9 Å². The van der Waals surface area contributed by atoms with Gasteiger partial charge in [0.05, 0.1) is 25.4 Å². The number of anilines is 1. The van der Waals surface area contributed by atoms with Crippen LogP contribution in [0, 0.1) is 11.3 Å². The molecule has 0 saturated carbocycles. The molecule has 14 heavy (non-hydrogen) atoms. The average Bonchev–Trinajstić information content (AvgIpc) is 2.21. The molecule has 0 bridgehead atoms. The fraction of sp³-hybridized carbons (Fsp3) is 0.200. The Morgan fingerprint density at radius 1 is 1.43 bits per heavy atom. The Bertz CT molecular complexity index is 337.